The lowest BCUT2D eigenvalue weighted by molar-refractivity contribution is -0.0328. The molecule has 0 aliphatic heterocycles. The van der Waals surface area contributed by atoms with Crippen molar-refractivity contribution in [1.82, 2.24) is 14.1 Å². The minimum atomic E-state index is -4.39. The lowest BCUT2D eigenvalue weighted by atomic mass is 10.2. The molecule has 3 aromatic rings. The van der Waals surface area contributed by atoms with Crippen LogP contribution in [0.2, 0.25) is 0 Å². The Labute approximate surface area is 162 Å². The van der Waals surface area contributed by atoms with Gasteiger partial charge in [-0.25, -0.2) is 14.3 Å². The summed E-state index contributed by atoms with van der Waals surface area (Å²) in [6.07, 6.45) is 2.90. The Kier molecular flexibility index (Phi) is 5.68. The number of thioether (sulfide) groups is 1. The highest BCUT2D eigenvalue weighted by Gasteiger charge is 2.29. The molecule has 0 unspecified atom stereocenters. The van der Waals surface area contributed by atoms with E-state index in [1.807, 2.05) is 6.92 Å². The van der Waals surface area contributed by atoms with Gasteiger partial charge in [0.15, 0.2) is 0 Å². The molecule has 0 aliphatic carbocycles. The lowest BCUT2D eigenvalue weighted by Gasteiger charge is -2.07. The zero-order valence-electron chi connectivity index (χ0n) is 14.8. The van der Waals surface area contributed by atoms with E-state index in [0.717, 1.165) is 10.1 Å². The van der Waals surface area contributed by atoms with Crippen LogP contribution in [0.5, 0.6) is 5.88 Å². The molecule has 1 aromatic carbocycles. The van der Waals surface area contributed by atoms with E-state index in [9.17, 15) is 23.1 Å². The molecule has 0 fully saturated rings. The van der Waals surface area contributed by atoms with E-state index < -0.39 is 11.2 Å². The number of aromatic hydroxyl groups is 1. The number of hydrogen-bond donors (Lipinski definition) is 2. The summed E-state index contributed by atoms with van der Waals surface area (Å²) in [6.45, 7) is 2.86. The molecule has 148 valence electrons. The second kappa shape index (κ2) is 8.01. The number of alkyl halides is 3. The van der Waals surface area contributed by atoms with E-state index in [2.05, 4.69) is 10.3 Å². The molecule has 2 N–H and O–H groups in total. The zero-order valence-corrected chi connectivity index (χ0v) is 15.6. The van der Waals surface area contributed by atoms with Gasteiger partial charge in [0, 0.05) is 17.6 Å². The van der Waals surface area contributed by atoms with Crippen molar-refractivity contribution < 1.29 is 18.3 Å². The zero-order chi connectivity index (χ0) is 20.3. The topological polar surface area (TPSA) is 72.1 Å². The van der Waals surface area contributed by atoms with Gasteiger partial charge in [-0.05, 0) is 60.6 Å². The highest BCUT2D eigenvalue weighted by molar-refractivity contribution is 8.00. The van der Waals surface area contributed by atoms with E-state index in [0.29, 0.717) is 12.4 Å². The minimum Gasteiger partial charge on any atom is -0.493 e. The first kappa shape index (κ1) is 19.9. The second-order valence-electron chi connectivity index (χ2n) is 5.85. The average Bonchev–Trinajstić information content (AvgIpc) is 2.89. The van der Waals surface area contributed by atoms with E-state index in [-0.39, 0.29) is 34.8 Å². The highest BCUT2D eigenvalue weighted by Crippen LogP contribution is 2.37. The minimum absolute atomic E-state index is 0.00374. The number of halogens is 3. The number of anilines is 1. The average molecular weight is 410 g/mol. The number of hydrogen-bond acceptors (Lipinski definition) is 5. The van der Waals surface area contributed by atoms with E-state index in [1.165, 1.54) is 35.0 Å². The quantitative estimate of drug-likeness (QED) is 0.605. The molecule has 0 saturated carbocycles. The first-order valence-electron chi connectivity index (χ1n) is 8.33. The maximum atomic E-state index is 12.7. The molecule has 28 heavy (non-hydrogen) atoms. The van der Waals surface area contributed by atoms with Crippen LogP contribution in [0, 0.1) is 0 Å². The summed E-state index contributed by atoms with van der Waals surface area (Å²) in [6, 6.07) is 8.77. The van der Waals surface area contributed by atoms with Gasteiger partial charge in [-0.15, -0.1) is 0 Å². The smallest absolute Gasteiger partial charge is 0.446 e. The number of imidazole rings is 1. The third-order valence-electron chi connectivity index (χ3n) is 3.80. The molecule has 0 atom stereocenters. The van der Waals surface area contributed by atoms with Gasteiger partial charge in [0.25, 0.3) is 0 Å². The summed E-state index contributed by atoms with van der Waals surface area (Å²) in [5.41, 5.74) is -3.81. The van der Waals surface area contributed by atoms with Crippen molar-refractivity contribution in [3.63, 3.8) is 0 Å². The number of nitrogens with one attached hydrogen (secondary N) is 1. The molecule has 0 aliphatic rings. The number of pyridine rings is 1. The molecule has 3 rings (SSSR count). The van der Waals surface area contributed by atoms with Gasteiger partial charge in [-0.2, -0.15) is 13.2 Å². The van der Waals surface area contributed by atoms with Gasteiger partial charge >= 0.3 is 11.2 Å². The molecule has 6 nitrogen and oxygen atoms in total. The number of benzene rings is 1. The van der Waals surface area contributed by atoms with Crippen LogP contribution in [0.3, 0.4) is 0 Å². The Morgan fingerprint density at radius 3 is 2.57 bits per heavy atom. The van der Waals surface area contributed by atoms with Crippen LogP contribution >= 0.6 is 11.8 Å². The number of nitrogens with zero attached hydrogens (tertiary/aromatic N) is 3. The van der Waals surface area contributed by atoms with Gasteiger partial charge in [0.05, 0.1) is 18.4 Å². The molecule has 10 heteroatoms. The molecular weight excluding hydrogens is 393 g/mol. The van der Waals surface area contributed by atoms with Crippen LogP contribution in [0.4, 0.5) is 19.0 Å². The van der Waals surface area contributed by atoms with Crippen molar-refractivity contribution in [2.24, 2.45) is 0 Å². The van der Waals surface area contributed by atoms with Crippen LogP contribution in [-0.4, -0.2) is 31.3 Å². The van der Waals surface area contributed by atoms with Crippen LogP contribution in [-0.2, 0) is 6.54 Å². The summed E-state index contributed by atoms with van der Waals surface area (Å²) in [7, 11) is 0. The largest absolute Gasteiger partial charge is 0.493 e. The third kappa shape index (κ3) is 4.69. The van der Waals surface area contributed by atoms with E-state index in [4.69, 9.17) is 0 Å². The maximum Gasteiger partial charge on any atom is 0.446 e. The maximum absolute atomic E-state index is 12.7. The fraction of sp³-hybridized carbons (Fsp3) is 0.222. The standard InChI is InChI=1S/C18H17F3N4O2S/c1-2-22-15-9-12(7-8-23-15)10-24-11-16(26)25(17(24)27)13-3-5-14(6-4-13)28-18(19,20)21/h3-9,11,26H,2,10H2,1H3,(H,22,23). The molecule has 0 radical (unpaired) electrons. The van der Waals surface area contributed by atoms with Crippen LogP contribution in [0.25, 0.3) is 5.69 Å². The summed E-state index contributed by atoms with van der Waals surface area (Å²) in [5, 5.41) is 13.2. The monoisotopic (exact) mass is 410 g/mol. The Hall–Kier alpha value is -2.88. The second-order valence-corrected chi connectivity index (χ2v) is 6.99. The van der Waals surface area contributed by atoms with Crippen molar-refractivity contribution in [2.45, 2.75) is 23.9 Å². The molecule has 0 amide bonds. The molecule has 2 heterocycles. The Morgan fingerprint density at radius 2 is 1.93 bits per heavy atom. The van der Waals surface area contributed by atoms with Gasteiger partial charge in [-0.1, -0.05) is 0 Å². The third-order valence-corrected chi connectivity index (χ3v) is 4.54. The van der Waals surface area contributed by atoms with Gasteiger partial charge in [0.1, 0.15) is 5.82 Å². The molecular formula is C18H17F3N4O2S. The van der Waals surface area contributed by atoms with Crippen molar-refractivity contribution in [2.75, 3.05) is 11.9 Å². The fourth-order valence-corrected chi connectivity index (χ4v) is 3.22. The molecule has 0 spiro atoms. The van der Waals surface area contributed by atoms with Crippen molar-refractivity contribution in [1.29, 1.82) is 0 Å². The first-order chi connectivity index (χ1) is 13.3. The first-order valence-corrected chi connectivity index (χ1v) is 9.14. The van der Waals surface area contributed by atoms with Gasteiger partial charge in [0.2, 0.25) is 5.88 Å². The van der Waals surface area contributed by atoms with Crippen LogP contribution in [0.15, 0.2) is 58.5 Å². The Bertz CT molecular complexity index is 1010. The summed E-state index contributed by atoms with van der Waals surface area (Å²) in [4.78, 5) is 16.8. The van der Waals surface area contributed by atoms with Crippen molar-refractivity contribution in [3.05, 3.63) is 64.8 Å². The van der Waals surface area contributed by atoms with Crippen molar-refractivity contribution >= 4 is 17.6 Å². The van der Waals surface area contributed by atoms with Crippen molar-refractivity contribution in [3.8, 4) is 11.6 Å². The number of aromatic nitrogens is 3. The highest BCUT2D eigenvalue weighted by atomic mass is 32.2. The van der Waals surface area contributed by atoms with E-state index >= 15 is 0 Å². The number of rotatable bonds is 6. The predicted octanol–water partition coefficient (Wildman–Crippen LogP) is 3.83. The van der Waals surface area contributed by atoms with Gasteiger partial charge in [-0.3, -0.25) is 4.57 Å². The normalized spacial score (nSPS) is 11.6. The fourth-order valence-electron chi connectivity index (χ4n) is 2.68. The van der Waals surface area contributed by atoms with Crippen LogP contribution < -0.4 is 11.0 Å². The van der Waals surface area contributed by atoms with Gasteiger partial charge < -0.3 is 10.4 Å². The molecule has 2 aromatic heterocycles. The lowest BCUT2D eigenvalue weighted by Crippen LogP contribution is -2.23. The summed E-state index contributed by atoms with van der Waals surface area (Å²) < 4.78 is 39.7. The predicted molar refractivity (Wildman–Crippen MR) is 101 cm³/mol. The van der Waals surface area contributed by atoms with Crippen LogP contribution in [0.1, 0.15) is 12.5 Å². The molecule has 0 bridgehead atoms. The van der Waals surface area contributed by atoms with E-state index in [1.54, 1.807) is 18.3 Å². The molecule has 0 saturated heterocycles. The SMILES string of the molecule is CCNc1cc(Cn2cc(O)n(-c3ccc(SC(F)(F)F)cc3)c2=O)ccn1. The Morgan fingerprint density at radius 1 is 1.21 bits per heavy atom. The summed E-state index contributed by atoms with van der Waals surface area (Å²) >= 11 is -0.242. The summed E-state index contributed by atoms with van der Waals surface area (Å²) in [5.74, 6) is 0.372. The Balaban J connectivity index is 1.86.